The zero-order valence-corrected chi connectivity index (χ0v) is 16.4. The van der Waals surface area contributed by atoms with E-state index >= 15 is 0 Å². The van der Waals surface area contributed by atoms with E-state index in [1.54, 1.807) is 11.3 Å². The van der Waals surface area contributed by atoms with Crippen molar-refractivity contribution < 1.29 is 9.59 Å². The van der Waals surface area contributed by atoms with Crippen molar-refractivity contribution >= 4 is 70.0 Å². The summed E-state index contributed by atoms with van der Waals surface area (Å²) in [4.78, 5) is 25.7. The van der Waals surface area contributed by atoms with Crippen LogP contribution in [0.4, 0.5) is 0 Å². The van der Waals surface area contributed by atoms with Crippen molar-refractivity contribution in [2.75, 3.05) is 11.5 Å². The van der Waals surface area contributed by atoms with Crippen LogP contribution in [0.3, 0.4) is 0 Å². The average molecular weight is 401 g/mol. The highest BCUT2D eigenvalue weighted by atomic mass is 32.2. The predicted molar refractivity (Wildman–Crippen MR) is 111 cm³/mol. The summed E-state index contributed by atoms with van der Waals surface area (Å²) in [6, 6.07) is 4.19. The highest BCUT2D eigenvalue weighted by molar-refractivity contribution is 8.27. The molecule has 7 heteroatoms. The molecule has 2 aliphatic heterocycles. The first kappa shape index (κ1) is 17.2. The van der Waals surface area contributed by atoms with E-state index in [9.17, 15) is 9.59 Å². The van der Waals surface area contributed by atoms with Gasteiger partial charge in [-0.05, 0) is 35.1 Å². The second-order valence-electron chi connectivity index (χ2n) is 4.80. The maximum Gasteiger partial charge on any atom is 0.177 e. The fourth-order valence-electron chi connectivity index (χ4n) is 2.34. The van der Waals surface area contributed by atoms with Crippen LogP contribution in [0.1, 0.15) is 0 Å². The summed E-state index contributed by atoms with van der Waals surface area (Å²) in [6.45, 7) is 0. The number of rotatable bonds is 6. The molecule has 2 atom stereocenters. The molecule has 1 aromatic heterocycles. The second-order valence-corrected chi connectivity index (χ2v) is 11.1. The lowest BCUT2D eigenvalue weighted by Crippen LogP contribution is -2.02. The van der Waals surface area contributed by atoms with Crippen molar-refractivity contribution in [3.8, 4) is 0 Å². The molecule has 23 heavy (non-hydrogen) atoms. The van der Waals surface area contributed by atoms with Gasteiger partial charge < -0.3 is 0 Å². The fourth-order valence-corrected chi connectivity index (χ4v) is 9.23. The molecule has 0 saturated carbocycles. The van der Waals surface area contributed by atoms with Gasteiger partial charge in [0.05, 0.1) is 11.5 Å². The first-order valence-corrected chi connectivity index (χ1v) is 11.8. The van der Waals surface area contributed by atoms with Crippen LogP contribution in [0.2, 0.25) is 0 Å². The number of ketones is 2. The molecule has 0 radical (unpaired) electrons. The molecule has 0 fully saturated rings. The minimum absolute atomic E-state index is 0.0942. The van der Waals surface area contributed by atoms with Gasteiger partial charge in [0.25, 0.3) is 0 Å². The third kappa shape index (κ3) is 3.44. The monoisotopic (exact) mass is 400 g/mol. The second kappa shape index (κ2) is 7.53. The molecule has 0 spiro atoms. The Morgan fingerprint density at radius 1 is 0.870 bits per heavy atom. The van der Waals surface area contributed by atoms with Crippen LogP contribution in [0.25, 0.3) is 0 Å². The number of hydrogen-bond acceptors (Lipinski definition) is 5. The zero-order valence-electron chi connectivity index (χ0n) is 12.0. The normalized spacial score (nSPS) is 25.5. The molecule has 0 N–H and O–H groups in total. The summed E-state index contributed by atoms with van der Waals surface area (Å²) >= 11 is 9.91. The van der Waals surface area contributed by atoms with Crippen LogP contribution in [-0.2, 0) is 9.59 Å². The maximum absolute atomic E-state index is 12.0. The molecule has 1 aromatic rings. The van der Waals surface area contributed by atoms with Crippen molar-refractivity contribution in [3.63, 3.8) is 0 Å². The molecule has 0 bridgehead atoms. The third-order valence-electron chi connectivity index (χ3n) is 3.41. The Hall–Kier alpha value is -0.600. The zero-order chi connectivity index (χ0) is 16.4. The van der Waals surface area contributed by atoms with Crippen molar-refractivity contribution in [1.29, 1.82) is 0 Å². The number of allylic oxidation sites excluding steroid dienone is 6. The van der Waals surface area contributed by atoms with E-state index in [0.717, 1.165) is 9.81 Å². The average Bonchev–Trinajstić information content (AvgIpc) is 3.31. The molecule has 3 heterocycles. The van der Waals surface area contributed by atoms with Gasteiger partial charge in [-0.3, -0.25) is 9.59 Å². The number of carbonyl (C=O) groups excluding carboxylic acids is 2. The molecular formula is C16H16O2S5. The summed E-state index contributed by atoms with van der Waals surface area (Å²) < 4.78 is 2.40. The Bertz CT molecular complexity index is 707. The Labute approximate surface area is 155 Å². The predicted octanol–water partition coefficient (Wildman–Crippen LogP) is 4.29. The molecule has 2 unspecified atom stereocenters. The highest BCUT2D eigenvalue weighted by Gasteiger charge is 2.24. The van der Waals surface area contributed by atoms with Crippen LogP contribution < -0.4 is 0 Å². The number of Topliss-reactive ketones (excluding diaryl/α,β-unsaturated/α-hetero) is 2. The molecule has 0 saturated heterocycles. The first-order chi connectivity index (χ1) is 11.2. The molecule has 2 nitrogen and oxygen atoms in total. The lowest BCUT2D eigenvalue weighted by molar-refractivity contribution is -0.113. The van der Waals surface area contributed by atoms with Gasteiger partial charge in [0.2, 0.25) is 0 Å². The van der Waals surface area contributed by atoms with Gasteiger partial charge in [0.1, 0.15) is 0 Å². The number of thiol groups is 4. The topological polar surface area (TPSA) is 34.1 Å². The SMILES string of the molecule is O=C(CS)C1=CC=C[SH]1c1ccc([SH]2C=CC=C2C(=O)CS)s1. The van der Waals surface area contributed by atoms with E-state index in [-0.39, 0.29) is 23.1 Å². The van der Waals surface area contributed by atoms with Crippen LogP contribution in [-0.4, -0.2) is 23.1 Å². The van der Waals surface area contributed by atoms with Gasteiger partial charge >= 0.3 is 0 Å². The Balaban J connectivity index is 1.84. The Morgan fingerprint density at radius 3 is 1.70 bits per heavy atom. The van der Waals surface area contributed by atoms with Gasteiger partial charge in [-0.2, -0.15) is 47.0 Å². The summed E-state index contributed by atoms with van der Waals surface area (Å²) in [6.07, 6.45) is 7.72. The molecule has 3 rings (SSSR count). The quantitative estimate of drug-likeness (QED) is 0.538. The lowest BCUT2D eigenvalue weighted by Gasteiger charge is -2.16. The van der Waals surface area contributed by atoms with Gasteiger partial charge in [-0.25, -0.2) is 0 Å². The molecule has 0 aliphatic carbocycles. The smallest absolute Gasteiger partial charge is 0.177 e. The van der Waals surface area contributed by atoms with E-state index in [2.05, 4.69) is 48.2 Å². The largest absolute Gasteiger partial charge is 0.293 e. The summed E-state index contributed by atoms with van der Waals surface area (Å²) in [5.41, 5.74) is 0. The van der Waals surface area contributed by atoms with E-state index in [4.69, 9.17) is 0 Å². The fraction of sp³-hybridized carbons (Fsp3) is 0.125. The van der Waals surface area contributed by atoms with Crippen LogP contribution in [0, 0.1) is 0 Å². The first-order valence-electron chi connectivity index (χ1n) is 6.89. The molecule has 0 aromatic carbocycles. The van der Waals surface area contributed by atoms with Crippen LogP contribution in [0.15, 0.2) is 65.5 Å². The summed E-state index contributed by atoms with van der Waals surface area (Å²) in [7, 11) is -1.42. The van der Waals surface area contributed by atoms with Crippen molar-refractivity contribution in [3.05, 3.63) is 57.1 Å². The highest BCUT2D eigenvalue weighted by Crippen LogP contribution is 2.57. The molecule has 0 amide bonds. The van der Waals surface area contributed by atoms with Crippen molar-refractivity contribution in [1.82, 2.24) is 0 Å². The maximum atomic E-state index is 12.0. The third-order valence-corrected chi connectivity index (χ3v) is 10.4. The van der Waals surface area contributed by atoms with E-state index in [1.807, 2.05) is 24.3 Å². The Kier molecular flexibility index (Phi) is 5.64. The summed E-state index contributed by atoms with van der Waals surface area (Å²) in [5.74, 6) is 0.667. The van der Waals surface area contributed by atoms with Gasteiger partial charge in [-0.15, -0.1) is 11.3 Å². The number of thiophene rings is 1. The minimum Gasteiger partial charge on any atom is -0.293 e. The standard InChI is InChI=1S/C16H16O2S5/c17-11(9-19)13-3-1-7-22(13)15-5-6-16(21-15)23-8-2-4-14(23)12(18)10-20/h1-8,19-20,22-23H,9-10H2. The van der Waals surface area contributed by atoms with Crippen LogP contribution in [0.5, 0.6) is 0 Å². The molecule has 2 aliphatic rings. The van der Waals surface area contributed by atoms with Gasteiger partial charge in [0.15, 0.2) is 11.6 Å². The van der Waals surface area contributed by atoms with Crippen molar-refractivity contribution in [2.24, 2.45) is 0 Å². The van der Waals surface area contributed by atoms with Gasteiger partial charge in [-0.1, -0.05) is 12.2 Å². The summed E-state index contributed by atoms with van der Waals surface area (Å²) in [5, 5.41) is 4.21. The van der Waals surface area contributed by atoms with Crippen molar-refractivity contribution in [2.45, 2.75) is 8.42 Å². The van der Waals surface area contributed by atoms with E-state index < -0.39 is 21.8 Å². The minimum atomic E-state index is -0.708. The molecular weight excluding hydrogens is 385 g/mol. The number of carbonyl (C=O) groups is 2. The Morgan fingerprint density at radius 2 is 1.30 bits per heavy atom. The van der Waals surface area contributed by atoms with E-state index in [0.29, 0.717) is 0 Å². The van der Waals surface area contributed by atoms with E-state index in [1.165, 1.54) is 8.42 Å². The van der Waals surface area contributed by atoms with Crippen LogP contribution >= 0.6 is 58.4 Å². The lowest BCUT2D eigenvalue weighted by atomic mass is 10.4. The van der Waals surface area contributed by atoms with Gasteiger partial charge in [0, 0.05) is 18.2 Å². The number of hydrogen-bond donors (Lipinski definition) is 4. The molecule has 122 valence electrons.